The predicted molar refractivity (Wildman–Crippen MR) is 62.2 cm³/mol. The van der Waals surface area contributed by atoms with Gasteiger partial charge in [-0.3, -0.25) is 0 Å². The third-order valence-corrected chi connectivity index (χ3v) is 2.77. The minimum atomic E-state index is -0.887. The van der Waals surface area contributed by atoms with Crippen LogP contribution in [0.4, 0.5) is 13.2 Å². The molecule has 1 unspecified atom stereocenters. The second-order valence-corrected chi connectivity index (χ2v) is 4.60. The van der Waals surface area contributed by atoms with Gasteiger partial charge in [0.15, 0.2) is 0 Å². The summed E-state index contributed by atoms with van der Waals surface area (Å²) in [4.78, 5) is 0. The van der Waals surface area contributed by atoms with Crippen LogP contribution in [0, 0.1) is 23.4 Å². The van der Waals surface area contributed by atoms with Crippen LogP contribution in [0.25, 0.3) is 0 Å². The summed E-state index contributed by atoms with van der Waals surface area (Å²) >= 11 is 0. The molecule has 0 spiro atoms. The van der Waals surface area contributed by atoms with Crippen LogP contribution in [0.1, 0.15) is 38.3 Å². The van der Waals surface area contributed by atoms with Crippen LogP contribution >= 0.6 is 0 Å². The van der Waals surface area contributed by atoms with Gasteiger partial charge in [-0.2, -0.15) is 0 Å². The monoisotopic (exact) mass is 245 g/mol. The highest BCUT2D eigenvalue weighted by Crippen LogP contribution is 2.26. The van der Waals surface area contributed by atoms with E-state index in [-0.39, 0.29) is 5.56 Å². The molecule has 0 saturated heterocycles. The summed E-state index contributed by atoms with van der Waals surface area (Å²) < 4.78 is 39.9. The highest BCUT2D eigenvalue weighted by molar-refractivity contribution is 5.24. The van der Waals surface area contributed by atoms with Crippen LogP contribution < -0.4 is 5.32 Å². The van der Waals surface area contributed by atoms with Crippen molar-refractivity contribution in [3.05, 3.63) is 35.1 Å². The largest absolute Gasteiger partial charge is 0.313 e. The maximum absolute atomic E-state index is 13.6. The van der Waals surface area contributed by atoms with Crippen molar-refractivity contribution >= 4 is 0 Å². The van der Waals surface area contributed by atoms with Gasteiger partial charge in [-0.05, 0) is 25.8 Å². The van der Waals surface area contributed by atoms with Crippen LogP contribution in [-0.2, 0) is 0 Å². The highest BCUT2D eigenvalue weighted by Gasteiger charge is 2.20. The van der Waals surface area contributed by atoms with E-state index in [1.54, 1.807) is 7.05 Å². The molecule has 0 heterocycles. The minimum absolute atomic E-state index is 0.0745. The molecule has 17 heavy (non-hydrogen) atoms. The second-order valence-electron chi connectivity index (χ2n) is 4.60. The van der Waals surface area contributed by atoms with Crippen LogP contribution in [0.2, 0.25) is 0 Å². The first-order valence-electron chi connectivity index (χ1n) is 5.77. The fourth-order valence-electron chi connectivity index (χ4n) is 1.82. The first-order valence-corrected chi connectivity index (χ1v) is 5.77. The average molecular weight is 245 g/mol. The van der Waals surface area contributed by atoms with E-state index in [4.69, 9.17) is 0 Å². The molecule has 1 nitrogen and oxygen atoms in total. The zero-order chi connectivity index (χ0) is 13.0. The maximum atomic E-state index is 13.6. The molecule has 0 amide bonds. The normalized spacial score (nSPS) is 13.1. The summed E-state index contributed by atoms with van der Waals surface area (Å²) in [6.45, 7) is 4.09. The molecule has 0 fully saturated rings. The third kappa shape index (κ3) is 3.73. The molecule has 0 aliphatic carbocycles. The summed E-state index contributed by atoms with van der Waals surface area (Å²) in [5, 5.41) is 2.87. The quantitative estimate of drug-likeness (QED) is 0.832. The Bertz CT molecular complexity index is 354. The second kappa shape index (κ2) is 6.05. The van der Waals surface area contributed by atoms with Crippen molar-refractivity contribution in [1.82, 2.24) is 5.32 Å². The fourth-order valence-corrected chi connectivity index (χ4v) is 1.82. The molecule has 0 saturated carbocycles. The Hall–Kier alpha value is -1.03. The Morgan fingerprint density at radius 3 is 2.00 bits per heavy atom. The molecule has 1 N–H and O–H groups in total. The third-order valence-electron chi connectivity index (χ3n) is 2.77. The van der Waals surface area contributed by atoms with Crippen molar-refractivity contribution in [2.75, 3.05) is 7.05 Å². The number of nitrogens with one attached hydrogen (secondary N) is 1. The van der Waals surface area contributed by atoms with Crippen LogP contribution in [0.5, 0.6) is 0 Å². The van der Waals surface area contributed by atoms with Crippen molar-refractivity contribution in [3.8, 4) is 0 Å². The van der Waals surface area contributed by atoms with Gasteiger partial charge in [0.1, 0.15) is 17.5 Å². The van der Waals surface area contributed by atoms with Crippen molar-refractivity contribution in [1.29, 1.82) is 0 Å². The number of rotatable bonds is 5. The average Bonchev–Trinajstić information content (AvgIpc) is 2.21. The Kier molecular flexibility index (Phi) is 5.00. The molecule has 1 rings (SSSR count). The van der Waals surface area contributed by atoms with E-state index in [0.717, 1.165) is 18.6 Å². The zero-order valence-corrected chi connectivity index (χ0v) is 10.4. The van der Waals surface area contributed by atoms with Gasteiger partial charge in [0, 0.05) is 23.7 Å². The van der Waals surface area contributed by atoms with Gasteiger partial charge < -0.3 is 5.32 Å². The molecular formula is C13H18F3N. The summed E-state index contributed by atoms with van der Waals surface area (Å²) in [6, 6.07) is 1.02. The molecule has 0 aliphatic rings. The lowest BCUT2D eigenvalue weighted by molar-refractivity contribution is 0.425. The summed E-state index contributed by atoms with van der Waals surface area (Å²) in [7, 11) is 1.65. The van der Waals surface area contributed by atoms with Gasteiger partial charge in [0.05, 0.1) is 0 Å². The van der Waals surface area contributed by atoms with E-state index >= 15 is 0 Å². The van der Waals surface area contributed by atoms with Crippen LogP contribution in [0.3, 0.4) is 0 Å². The zero-order valence-electron chi connectivity index (χ0n) is 10.4. The first-order chi connectivity index (χ1) is 7.95. The van der Waals surface area contributed by atoms with Crippen molar-refractivity contribution in [2.45, 2.75) is 32.7 Å². The Labute approximate surface area is 100 Å². The van der Waals surface area contributed by atoms with Gasteiger partial charge in [0.2, 0.25) is 0 Å². The fraction of sp³-hybridized carbons (Fsp3) is 0.538. The number of halogens is 3. The molecule has 0 bridgehead atoms. The lowest BCUT2D eigenvalue weighted by Gasteiger charge is -2.19. The van der Waals surface area contributed by atoms with Crippen molar-refractivity contribution < 1.29 is 13.2 Å². The van der Waals surface area contributed by atoms with Gasteiger partial charge in [-0.15, -0.1) is 0 Å². The van der Waals surface area contributed by atoms with Crippen LogP contribution in [0.15, 0.2) is 12.1 Å². The number of hydrogen-bond donors (Lipinski definition) is 1. The molecule has 0 aliphatic heterocycles. The molecular weight excluding hydrogens is 227 g/mol. The van der Waals surface area contributed by atoms with E-state index in [2.05, 4.69) is 5.32 Å². The van der Waals surface area contributed by atoms with Gasteiger partial charge in [-0.25, -0.2) is 13.2 Å². The minimum Gasteiger partial charge on any atom is -0.313 e. The standard InChI is InChI=1S/C13H18F3N/c1-8(2)4-5-12(17-3)13-10(15)6-9(14)7-11(13)16/h6-8,12,17H,4-5H2,1-3H3. The van der Waals surface area contributed by atoms with E-state index in [0.29, 0.717) is 12.3 Å². The van der Waals surface area contributed by atoms with E-state index in [1.165, 1.54) is 0 Å². The van der Waals surface area contributed by atoms with Crippen molar-refractivity contribution in [3.63, 3.8) is 0 Å². The highest BCUT2D eigenvalue weighted by atomic mass is 19.1. The molecule has 1 aromatic carbocycles. The predicted octanol–water partition coefficient (Wildman–Crippen LogP) is 3.80. The van der Waals surface area contributed by atoms with E-state index in [1.807, 2.05) is 13.8 Å². The lowest BCUT2D eigenvalue weighted by Crippen LogP contribution is -2.20. The van der Waals surface area contributed by atoms with Crippen molar-refractivity contribution in [2.24, 2.45) is 5.92 Å². The molecule has 0 radical (unpaired) electrons. The summed E-state index contributed by atoms with van der Waals surface area (Å²) in [5.41, 5.74) is -0.0745. The maximum Gasteiger partial charge on any atom is 0.133 e. The topological polar surface area (TPSA) is 12.0 Å². The Morgan fingerprint density at radius 1 is 1.06 bits per heavy atom. The van der Waals surface area contributed by atoms with Gasteiger partial charge in [-0.1, -0.05) is 13.8 Å². The smallest absolute Gasteiger partial charge is 0.133 e. The first kappa shape index (κ1) is 14.0. The SMILES string of the molecule is CNC(CCC(C)C)c1c(F)cc(F)cc1F. The molecule has 0 aromatic heterocycles. The number of hydrogen-bond acceptors (Lipinski definition) is 1. The summed E-state index contributed by atoms with van der Waals surface area (Å²) in [6.07, 6.45) is 1.47. The number of benzene rings is 1. The Morgan fingerprint density at radius 2 is 1.59 bits per heavy atom. The van der Waals surface area contributed by atoms with E-state index in [9.17, 15) is 13.2 Å². The summed E-state index contributed by atoms with van der Waals surface area (Å²) in [5.74, 6) is -2.09. The lowest BCUT2D eigenvalue weighted by atomic mass is 9.97. The van der Waals surface area contributed by atoms with Gasteiger partial charge in [0.25, 0.3) is 0 Å². The molecule has 1 aromatic rings. The van der Waals surface area contributed by atoms with Crippen LogP contribution in [-0.4, -0.2) is 7.05 Å². The molecule has 1 atom stereocenters. The Balaban J connectivity index is 2.95. The molecule has 96 valence electrons. The van der Waals surface area contributed by atoms with Gasteiger partial charge >= 0.3 is 0 Å². The van der Waals surface area contributed by atoms with E-state index < -0.39 is 23.5 Å². The molecule has 4 heteroatoms.